The molecule has 0 amide bonds. The number of methoxy groups -OCH3 is 3. The van der Waals surface area contributed by atoms with Gasteiger partial charge in [0.2, 0.25) is 5.75 Å². The zero-order valence-corrected chi connectivity index (χ0v) is 20.2. The van der Waals surface area contributed by atoms with Crippen molar-refractivity contribution < 1.29 is 18.9 Å². The van der Waals surface area contributed by atoms with Crippen LogP contribution in [0.15, 0.2) is 91.0 Å². The first kappa shape index (κ1) is 23.0. The Morgan fingerprint density at radius 2 is 1.28 bits per heavy atom. The fourth-order valence-corrected chi connectivity index (χ4v) is 3.88. The molecule has 1 N–H and O–H groups in total. The van der Waals surface area contributed by atoms with Crippen LogP contribution in [0.25, 0.3) is 22.3 Å². The topological polar surface area (TPSA) is 74.7 Å². The highest BCUT2D eigenvalue weighted by molar-refractivity contribution is 5.92. The molecule has 0 saturated heterocycles. The van der Waals surface area contributed by atoms with E-state index in [4.69, 9.17) is 28.9 Å². The average Bonchev–Trinajstić information content (AvgIpc) is 2.93. The van der Waals surface area contributed by atoms with Crippen LogP contribution < -0.4 is 24.3 Å². The van der Waals surface area contributed by atoms with Gasteiger partial charge in [0, 0.05) is 16.6 Å². The molecule has 0 radical (unpaired) electrons. The first-order valence-electron chi connectivity index (χ1n) is 11.4. The second-order valence-electron chi connectivity index (χ2n) is 7.89. The summed E-state index contributed by atoms with van der Waals surface area (Å²) >= 11 is 0. The lowest BCUT2D eigenvalue weighted by atomic mass is 10.1. The first-order chi connectivity index (χ1) is 17.7. The molecule has 0 fully saturated rings. The van der Waals surface area contributed by atoms with Crippen molar-refractivity contribution in [1.82, 2.24) is 9.97 Å². The van der Waals surface area contributed by atoms with Crippen LogP contribution in [-0.4, -0.2) is 31.3 Å². The fourth-order valence-electron chi connectivity index (χ4n) is 3.88. The molecule has 5 rings (SSSR count). The van der Waals surface area contributed by atoms with Gasteiger partial charge in [-0.25, -0.2) is 9.97 Å². The molecule has 0 unspecified atom stereocenters. The molecule has 0 bridgehead atoms. The minimum absolute atomic E-state index is 0.515. The SMILES string of the molecule is COc1cc(-c2nc(Nc3ccc(Oc4ccccc4)cc3)c3ccccc3n2)cc(OC)c1OC. The summed E-state index contributed by atoms with van der Waals surface area (Å²) in [6.45, 7) is 0. The van der Waals surface area contributed by atoms with Crippen molar-refractivity contribution in [3.8, 4) is 40.1 Å². The van der Waals surface area contributed by atoms with Crippen LogP contribution in [0.3, 0.4) is 0 Å². The van der Waals surface area contributed by atoms with Crippen LogP contribution in [0.4, 0.5) is 11.5 Å². The number of fused-ring (bicyclic) bond motifs is 1. The maximum absolute atomic E-state index is 5.91. The van der Waals surface area contributed by atoms with Crippen LogP contribution in [0.1, 0.15) is 0 Å². The normalized spacial score (nSPS) is 10.6. The standard InChI is InChI=1S/C29H25N3O4/c1-33-25-17-19(18-26(34-2)27(25)35-3)28-31-24-12-8-7-11-23(24)29(32-28)30-20-13-15-22(16-14-20)36-21-9-5-4-6-10-21/h4-18H,1-3H3,(H,30,31,32). The Morgan fingerprint density at radius 3 is 1.94 bits per heavy atom. The van der Waals surface area contributed by atoms with Crippen LogP contribution >= 0.6 is 0 Å². The average molecular weight is 480 g/mol. The first-order valence-corrected chi connectivity index (χ1v) is 11.4. The van der Waals surface area contributed by atoms with Crippen molar-refractivity contribution in [3.63, 3.8) is 0 Å². The third-order valence-corrected chi connectivity index (χ3v) is 5.62. The molecule has 1 aromatic heterocycles. The van der Waals surface area contributed by atoms with Crippen LogP contribution in [0.5, 0.6) is 28.7 Å². The molecule has 0 saturated carbocycles. The highest BCUT2D eigenvalue weighted by Crippen LogP contribution is 2.41. The molecule has 0 spiro atoms. The fraction of sp³-hybridized carbons (Fsp3) is 0.103. The summed E-state index contributed by atoms with van der Waals surface area (Å²) in [7, 11) is 4.74. The number of anilines is 2. The van der Waals surface area contributed by atoms with E-state index in [1.54, 1.807) is 21.3 Å². The summed E-state index contributed by atoms with van der Waals surface area (Å²) in [5, 5.41) is 4.34. The summed E-state index contributed by atoms with van der Waals surface area (Å²) in [5.74, 6) is 4.33. The van der Waals surface area contributed by atoms with Gasteiger partial charge in [0.1, 0.15) is 17.3 Å². The molecule has 0 atom stereocenters. The summed E-state index contributed by atoms with van der Waals surface area (Å²) in [4.78, 5) is 9.65. The van der Waals surface area contributed by atoms with E-state index in [-0.39, 0.29) is 0 Å². The van der Waals surface area contributed by atoms with Gasteiger partial charge in [0.15, 0.2) is 17.3 Å². The zero-order chi connectivity index (χ0) is 24.9. The Labute approximate surface area is 209 Å². The van der Waals surface area contributed by atoms with E-state index in [9.17, 15) is 0 Å². The van der Waals surface area contributed by atoms with Gasteiger partial charge < -0.3 is 24.3 Å². The molecular weight excluding hydrogens is 454 g/mol. The van der Waals surface area contributed by atoms with E-state index < -0.39 is 0 Å². The number of nitrogens with one attached hydrogen (secondary N) is 1. The quantitative estimate of drug-likeness (QED) is 0.261. The third-order valence-electron chi connectivity index (χ3n) is 5.62. The van der Waals surface area contributed by atoms with Gasteiger partial charge in [-0.05, 0) is 60.7 Å². The summed E-state index contributed by atoms with van der Waals surface area (Å²) in [5.41, 5.74) is 2.42. The lowest BCUT2D eigenvalue weighted by Crippen LogP contribution is -2.01. The summed E-state index contributed by atoms with van der Waals surface area (Å²) < 4.78 is 22.4. The minimum atomic E-state index is 0.515. The summed E-state index contributed by atoms with van der Waals surface area (Å²) in [6.07, 6.45) is 0. The predicted octanol–water partition coefficient (Wildman–Crippen LogP) is 6.86. The number of ether oxygens (including phenoxy) is 4. The Morgan fingerprint density at radius 1 is 0.639 bits per heavy atom. The number of nitrogens with zero attached hydrogens (tertiary/aromatic N) is 2. The van der Waals surface area contributed by atoms with E-state index >= 15 is 0 Å². The van der Waals surface area contributed by atoms with Crippen molar-refractivity contribution >= 4 is 22.4 Å². The van der Waals surface area contributed by atoms with E-state index in [1.807, 2.05) is 91.0 Å². The van der Waals surface area contributed by atoms with Gasteiger partial charge in [-0.15, -0.1) is 0 Å². The number of para-hydroxylation sites is 2. The molecular formula is C29H25N3O4. The lowest BCUT2D eigenvalue weighted by Gasteiger charge is -2.15. The highest BCUT2D eigenvalue weighted by Gasteiger charge is 2.17. The number of benzene rings is 4. The molecule has 4 aromatic carbocycles. The third kappa shape index (κ3) is 4.72. The van der Waals surface area contributed by atoms with Gasteiger partial charge in [-0.1, -0.05) is 30.3 Å². The Hall–Kier alpha value is -4.78. The monoisotopic (exact) mass is 479 g/mol. The molecule has 7 heteroatoms. The van der Waals surface area contributed by atoms with Gasteiger partial charge >= 0.3 is 0 Å². The van der Waals surface area contributed by atoms with Crippen molar-refractivity contribution in [2.75, 3.05) is 26.6 Å². The van der Waals surface area contributed by atoms with Crippen molar-refractivity contribution in [3.05, 3.63) is 91.0 Å². The molecule has 5 aromatic rings. The Balaban J connectivity index is 1.51. The van der Waals surface area contributed by atoms with Crippen molar-refractivity contribution in [2.24, 2.45) is 0 Å². The molecule has 180 valence electrons. The molecule has 0 aliphatic rings. The maximum atomic E-state index is 5.91. The second-order valence-corrected chi connectivity index (χ2v) is 7.89. The minimum Gasteiger partial charge on any atom is -0.493 e. The smallest absolute Gasteiger partial charge is 0.203 e. The molecule has 7 nitrogen and oxygen atoms in total. The number of rotatable bonds is 8. The van der Waals surface area contributed by atoms with E-state index in [0.717, 1.165) is 33.7 Å². The maximum Gasteiger partial charge on any atom is 0.203 e. The molecule has 0 aliphatic heterocycles. The molecule has 0 aliphatic carbocycles. The lowest BCUT2D eigenvalue weighted by molar-refractivity contribution is 0.324. The molecule has 36 heavy (non-hydrogen) atoms. The van der Waals surface area contributed by atoms with Crippen molar-refractivity contribution in [1.29, 1.82) is 0 Å². The largest absolute Gasteiger partial charge is 0.493 e. The number of hydrogen-bond acceptors (Lipinski definition) is 7. The predicted molar refractivity (Wildman–Crippen MR) is 141 cm³/mol. The van der Waals surface area contributed by atoms with E-state index in [1.165, 1.54) is 0 Å². The van der Waals surface area contributed by atoms with Gasteiger partial charge in [0.25, 0.3) is 0 Å². The van der Waals surface area contributed by atoms with E-state index in [2.05, 4.69) is 5.32 Å². The van der Waals surface area contributed by atoms with Crippen LogP contribution in [0, 0.1) is 0 Å². The highest BCUT2D eigenvalue weighted by atomic mass is 16.5. The summed E-state index contributed by atoms with van der Waals surface area (Å²) in [6, 6.07) is 29.0. The number of hydrogen-bond donors (Lipinski definition) is 1. The Bertz CT molecular complexity index is 1460. The second kappa shape index (κ2) is 10.2. The van der Waals surface area contributed by atoms with Gasteiger partial charge in [-0.3, -0.25) is 0 Å². The van der Waals surface area contributed by atoms with Gasteiger partial charge in [0.05, 0.1) is 26.8 Å². The molecule has 1 heterocycles. The zero-order valence-electron chi connectivity index (χ0n) is 20.2. The Kier molecular flexibility index (Phi) is 6.53. The van der Waals surface area contributed by atoms with E-state index in [0.29, 0.717) is 28.9 Å². The van der Waals surface area contributed by atoms with Crippen molar-refractivity contribution in [2.45, 2.75) is 0 Å². The van der Waals surface area contributed by atoms with Gasteiger partial charge in [-0.2, -0.15) is 0 Å². The van der Waals surface area contributed by atoms with Crippen LogP contribution in [0.2, 0.25) is 0 Å². The number of aromatic nitrogens is 2. The van der Waals surface area contributed by atoms with Crippen LogP contribution in [-0.2, 0) is 0 Å².